The summed E-state index contributed by atoms with van der Waals surface area (Å²) in [7, 11) is 0. The van der Waals surface area contributed by atoms with Crippen LogP contribution in [0.4, 0.5) is 0 Å². The lowest BCUT2D eigenvalue weighted by Crippen LogP contribution is -1.75. The van der Waals surface area contributed by atoms with Crippen LogP contribution in [-0.2, 0) is 0 Å². The first kappa shape index (κ1) is 10.3. The lowest BCUT2D eigenvalue weighted by Gasteiger charge is -1.95. The average Bonchev–Trinajstić information content (AvgIpc) is 2.71. The van der Waals surface area contributed by atoms with E-state index in [2.05, 4.69) is 16.3 Å². The molecule has 0 aliphatic carbocycles. The van der Waals surface area contributed by atoms with Crippen LogP contribution in [0.2, 0.25) is 0 Å². The summed E-state index contributed by atoms with van der Waals surface area (Å²) >= 11 is 0. The van der Waals surface area contributed by atoms with E-state index in [4.69, 9.17) is 5.26 Å². The van der Waals surface area contributed by atoms with Gasteiger partial charge < -0.3 is 0 Å². The molecule has 4 heteroatoms. The minimum atomic E-state index is 0. The summed E-state index contributed by atoms with van der Waals surface area (Å²) in [5.41, 5.74) is 2.77. The normalized spacial score (nSPS) is 8.79. The van der Waals surface area contributed by atoms with E-state index >= 15 is 0 Å². The largest absolute Gasteiger partial charge is 0.285 e. The van der Waals surface area contributed by atoms with Crippen molar-refractivity contribution in [2.75, 3.05) is 0 Å². The van der Waals surface area contributed by atoms with Gasteiger partial charge in [-0.3, -0.25) is 5.10 Å². The summed E-state index contributed by atoms with van der Waals surface area (Å²) in [4.78, 5) is 0. The molecule has 2 aromatic rings. The molecule has 1 aromatic carbocycles. The Kier molecular flexibility index (Phi) is 3.27. The van der Waals surface area contributed by atoms with Crippen molar-refractivity contribution in [2.45, 2.75) is 0 Å². The molecule has 0 aliphatic rings. The highest BCUT2D eigenvalue weighted by Gasteiger charge is 1.97. The van der Waals surface area contributed by atoms with Gasteiger partial charge in [0.25, 0.3) is 0 Å². The SMILES string of the molecule is Cl.N#Cc1ccc(-c2cn[nH]c2)cc1. The highest BCUT2D eigenvalue weighted by Crippen LogP contribution is 2.17. The Hall–Kier alpha value is -1.79. The van der Waals surface area contributed by atoms with E-state index < -0.39 is 0 Å². The van der Waals surface area contributed by atoms with Crippen LogP contribution < -0.4 is 0 Å². The monoisotopic (exact) mass is 205 g/mol. The first-order valence-electron chi connectivity index (χ1n) is 3.89. The van der Waals surface area contributed by atoms with Crippen LogP contribution in [0.1, 0.15) is 5.56 Å². The zero-order chi connectivity index (χ0) is 9.10. The van der Waals surface area contributed by atoms with Crippen molar-refractivity contribution in [2.24, 2.45) is 0 Å². The van der Waals surface area contributed by atoms with Crippen LogP contribution in [0, 0.1) is 11.3 Å². The molecule has 14 heavy (non-hydrogen) atoms. The standard InChI is InChI=1S/C10H7N3.ClH/c11-5-8-1-3-9(4-2-8)10-6-12-13-7-10;/h1-4,6-7H,(H,12,13);1H. The van der Waals surface area contributed by atoms with Crippen LogP contribution in [0.15, 0.2) is 36.7 Å². The third-order valence-corrected chi connectivity index (χ3v) is 1.85. The van der Waals surface area contributed by atoms with Gasteiger partial charge in [-0.05, 0) is 17.7 Å². The Morgan fingerprint density at radius 3 is 2.36 bits per heavy atom. The molecule has 0 amide bonds. The molecule has 0 unspecified atom stereocenters. The summed E-state index contributed by atoms with van der Waals surface area (Å²) in [5, 5.41) is 15.2. The topological polar surface area (TPSA) is 52.5 Å². The quantitative estimate of drug-likeness (QED) is 0.777. The zero-order valence-electron chi connectivity index (χ0n) is 7.27. The van der Waals surface area contributed by atoms with Gasteiger partial charge in [0, 0.05) is 11.8 Å². The van der Waals surface area contributed by atoms with Crippen molar-refractivity contribution < 1.29 is 0 Å². The number of nitrogens with zero attached hydrogens (tertiary/aromatic N) is 2. The van der Waals surface area contributed by atoms with E-state index in [9.17, 15) is 0 Å². The van der Waals surface area contributed by atoms with Crippen molar-refractivity contribution in [3.63, 3.8) is 0 Å². The van der Waals surface area contributed by atoms with Crippen molar-refractivity contribution in [3.8, 4) is 17.2 Å². The molecule has 2 rings (SSSR count). The van der Waals surface area contributed by atoms with Gasteiger partial charge in [-0.25, -0.2) is 0 Å². The number of nitriles is 1. The van der Waals surface area contributed by atoms with Gasteiger partial charge in [0.05, 0.1) is 17.8 Å². The Morgan fingerprint density at radius 2 is 1.86 bits per heavy atom. The second-order valence-electron chi connectivity index (χ2n) is 2.68. The Balaban J connectivity index is 0.000000980. The van der Waals surface area contributed by atoms with Gasteiger partial charge in [0.1, 0.15) is 0 Å². The van der Waals surface area contributed by atoms with Crippen LogP contribution in [0.25, 0.3) is 11.1 Å². The van der Waals surface area contributed by atoms with E-state index in [0.29, 0.717) is 5.56 Å². The van der Waals surface area contributed by atoms with Gasteiger partial charge in [0.15, 0.2) is 0 Å². The Morgan fingerprint density at radius 1 is 1.14 bits per heavy atom. The number of hydrogen-bond donors (Lipinski definition) is 1. The van der Waals surface area contributed by atoms with Crippen LogP contribution >= 0.6 is 12.4 Å². The minimum Gasteiger partial charge on any atom is -0.285 e. The average molecular weight is 206 g/mol. The molecule has 0 spiro atoms. The number of rotatable bonds is 1. The second-order valence-corrected chi connectivity index (χ2v) is 2.68. The van der Waals surface area contributed by atoms with Crippen LogP contribution in [0.3, 0.4) is 0 Å². The molecular weight excluding hydrogens is 198 g/mol. The van der Waals surface area contributed by atoms with Crippen LogP contribution in [-0.4, -0.2) is 10.2 Å². The molecule has 70 valence electrons. The molecule has 0 fully saturated rings. The van der Waals surface area contributed by atoms with E-state index in [-0.39, 0.29) is 12.4 Å². The second kappa shape index (κ2) is 4.45. The molecule has 0 aliphatic heterocycles. The van der Waals surface area contributed by atoms with E-state index in [1.54, 1.807) is 18.3 Å². The molecule has 0 saturated carbocycles. The summed E-state index contributed by atoms with van der Waals surface area (Å²) in [5.74, 6) is 0. The maximum atomic E-state index is 8.59. The fourth-order valence-electron chi connectivity index (χ4n) is 1.15. The molecule has 0 radical (unpaired) electrons. The van der Waals surface area contributed by atoms with Crippen molar-refractivity contribution in [1.82, 2.24) is 10.2 Å². The smallest absolute Gasteiger partial charge is 0.0991 e. The fourth-order valence-corrected chi connectivity index (χ4v) is 1.15. The van der Waals surface area contributed by atoms with Gasteiger partial charge in [-0.1, -0.05) is 12.1 Å². The summed E-state index contributed by atoms with van der Waals surface area (Å²) in [6.45, 7) is 0. The highest BCUT2D eigenvalue weighted by molar-refractivity contribution is 5.85. The van der Waals surface area contributed by atoms with Gasteiger partial charge >= 0.3 is 0 Å². The first-order valence-corrected chi connectivity index (χ1v) is 3.89. The fraction of sp³-hybridized carbons (Fsp3) is 0. The van der Waals surface area contributed by atoms with Crippen molar-refractivity contribution in [1.29, 1.82) is 5.26 Å². The molecule has 1 aromatic heterocycles. The van der Waals surface area contributed by atoms with E-state index in [1.807, 2.05) is 18.3 Å². The number of nitrogens with one attached hydrogen (secondary N) is 1. The molecule has 3 nitrogen and oxygen atoms in total. The highest BCUT2D eigenvalue weighted by atomic mass is 35.5. The number of H-pyrrole nitrogens is 1. The first-order chi connectivity index (χ1) is 6.40. The van der Waals surface area contributed by atoms with Crippen molar-refractivity contribution >= 4 is 12.4 Å². The van der Waals surface area contributed by atoms with E-state index in [1.165, 1.54) is 0 Å². The van der Waals surface area contributed by atoms with Crippen LogP contribution in [0.5, 0.6) is 0 Å². The third kappa shape index (κ3) is 1.93. The predicted octanol–water partition coefficient (Wildman–Crippen LogP) is 2.37. The number of hydrogen-bond acceptors (Lipinski definition) is 2. The maximum absolute atomic E-state index is 8.59. The van der Waals surface area contributed by atoms with Crippen molar-refractivity contribution in [3.05, 3.63) is 42.2 Å². The Labute approximate surface area is 87.8 Å². The maximum Gasteiger partial charge on any atom is 0.0991 e. The molecule has 0 bridgehead atoms. The summed E-state index contributed by atoms with van der Waals surface area (Å²) in [6.07, 6.45) is 3.57. The summed E-state index contributed by atoms with van der Waals surface area (Å²) < 4.78 is 0. The number of benzene rings is 1. The van der Waals surface area contributed by atoms with Gasteiger partial charge in [-0.2, -0.15) is 10.4 Å². The predicted molar refractivity (Wildman–Crippen MR) is 56.0 cm³/mol. The number of aromatic nitrogens is 2. The molecule has 0 saturated heterocycles. The summed E-state index contributed by atoms with van der Waals surface area (Å²) in [6, 6.07) is 9.48. The number of aromatic amines is 1. The Bertz CT molecular complexity index is 425. The third-order valence-electron chi connectivity index (χ3n) is 1.85. The van der Waals surface area contributed by atoms with Gasteiger partial charge in [0.2, 0.25) is 0 Å². The molecule has 1 heterocycles. The number of halogens is 1. The zero-order valence-corrected chi connectivity index (χ0v) is 8.08. The molecular formula is C10H8ClN3. The molecule has 0 atom stereocenters. The molecule has 1 N–H and O–H groups in total. The minimum absolute atomic E-state index is 0. The lowest BCUT2D eigenvalue weighted by atomic mass is 10.1. The van der Waals surface area contributed by atoms with Gasteiger partial charge in [-0.15, -0.1) is 12.4 Å². The van der Waals surface area contributed by atoms with E-state index in [0.717, 1.165) is 11.1 Å². The lowest BCUT2D eigenvalue weighted by molar-refractivity contribution is 1.09.